The maximum Gasteiger partial charge on any atom is 0.229 e. The van der Waals surface area contributed by atoms with Crippen LogP contribution in [0, 0.1) is 0 Å². The molecule has 4 heteroatoms. The van der Waals surface area contributed by atoms with Gasteiger partial charge in [-0.2, -0.15) is 0 Å². The first-order valence-corrected chi connectivity index (χ1v) is 6.80. The molecule has 0 saturated heterocycles. The zero-order valence-electron chi connectivity index (χ0n) is 10.6. The fraction of sp³-hybridized carbons (Fsp3) is 0.267. The zero-order valence-corrected chi connectivity index (χ0v) is 12.2. The normalized spacial score (nSPS) is 29.0. The van der Waals surface area contributed by atoms with Crippen LogP contribution in [0.5, 0.6) is 0 Å². The maximum absolute atomic E-state index is 12.0. The summed E-state index contributed by atoms with van der Waals surface area (Å²) in [5.74, 6) is 0.259. The molecule has 0 radical (unpaired) electrons. The molecule has 2 bridgehead atoms. The number of hydrogen-bond acceptors (Lipinski definition) is 3. The highest BCUT2D eigenvalue weighted by atomic mass is 79.9. The standard InChI is InChI=1S/C15H13BrO3/c1-15-8-13(18-2)14(17)12(19-15)7-11(15)9-3-5-10(16)6-4-9/h3-8,12H,1-2H3. The van der Waals surface area contributed by atoms with Crippen LogP contribution in [0.25, 0.3) is 5.57 Å². The molecule has 2 unspecified atom stereocenters. The van der Waals surface area contributed by atoms with Gasteiger partial charge in [0, 0.05) is 4.47 Å². The third kappa shape index (κ3) is 1.95. The predicted octanol–water partition coefficient (Wildman–Crippen LogP) is 3.10. The third-order valence-corrected chi connectivity index (χ3v) is 4.04. The molecule has 0 saturated carbocycles. The number of halogens is 1. The second kappa shape index (κ2) is 4.32. The van der Waals surface area contributed by atoms with E-state index in [1.54, 1.807) is 6.08 Å². The Morgan fingerprint density at radius 3 is 2.63 bits per heavy atom. The van der Waals surface area contributed by atoms with Crippen LogP contribution in [0.2, 0.25) is 0 Å². The van der Waals surface area contributed by atoms with E-state index in [1.807, 2.05) is 37.3 Å². The second-order valence-corrected chi connectivity index (χ2v) is 5.73. The van der Waals surface area contributed by atoms with E-state index in [4.69, 9.17) is 9.47 Å². The summed E-state index contributed by atoms with van der Waals surface area (Å²) >= 11 is 3.42. The molecule has 3 nitrogen and oxygen atoms in total. The van der Waals surface area contributed by atoms with Crippen molar-refractivity contribution in [1.82, 2.24) is 0 Å². The molecule has 98 valence electrons. The molecule has 0 aromatic heterocycles. The smallest absolute Gasteiger partial charge is 0.229 e. The van der Waals surface area contributed by atoms with Gasteiger partial charge in [-0.25, -0.2) is 0 Å². The van der Waals surface area contributed by atoms with Gasteiger partial charge in [0.1, 0.15) is 11.7 Å². The van der Waals surface area contributed by atoms with Crippen LogP contribution in [0.4, 0.5) is 0 Å². The molecule has 2 atom stereocenters. The lowest BCUT2D eigenvalue weighted by molar-refractivity contribution is -0.132. The van der Waals surface area contributed by atoms with Gasteiger partial charge in [-0.3, -0.25) is 4.79 Å². The van der Waals surface area contributed by atoms with Gasteiger partial charge >= 0.3 is 0 Å². The van der Waals surface area contributed by atoms with Crippen LogP contribution in [0.15, 0.2) is 46.6 Å². The van der Waals surface area contributed by atoms with Crippen molar-refractivity contribution in [3.8, 4) is 0 Å². The van der Waals surface area contributed by atoms with Crippen molar-refractivity contribution >= 4 is 27.3 Å². The first-order chi connectivity index (χ1) is 9.03. The molecule has 0 N–H and O–H groups in total. The summed E-state index contributed by atoms with van der Waals surface area (Å²) in [6.45, 7) is 1.95. The number of carbonyl (C=O) groups is 1. The summed E-state index contributed by atoms with van der Waals surface area (Å²) in [7, 11) is 1.51. The minimum Gasteiger partial charge on any atom is -0.493 e. The van der Waals surface area contributed by atoms with Gasteiger partial charge in [-0.15, -0.1) is 0 Å². The fourth-order valence-corrected chi connectivity index (χ4v) is 2.82. The minimum absolute atomic E-state index is 0.118. The lowest BCUT2D eigenvalue weighted by Crippen LogP contribution is -2.36. The van der Waals surface area contributed by atoms with E-state index in [2.05, 4.69) is 15.9 Å². The number of benzene rings is 1. The Kier molecular flexibility index (Phi) is 2.87. The van der Waals surface area contributed by atoms with Gasteiger partial charge in [0.05, 0.1) is 7.11 Å². The van der Waals surface area contributed by atoms with Crippen LogP contribution < -0.4 is 0 Å². The Hall–Kier alpha value is -1.39. The van der Waals surface area contributed by atoms with E-state index in [1.165, 1.54) is 7.11 Å². The van der Waals surface area contributed by atoms with Crippen LogP contribution in [0.3, 0.4) is 0 Å². The van der Waals surface area contributed by atoms with Gasteiger partial charge in [0.15, 0.2) is 5.76 Å². The van der Waals surface area contributed by atoms with Crippen molar-refractivity contribution in [3.05, 3.63) is 52.2 Å². The molecule has 1 aromatic carbocycles. The van der Waals surface area contributed by atoms with Crippen LogP contribution in [0.1, 0.15) is 12.5 Å². The van der Waals surface area contributed by atoms with E-state index in [0.717, 1.165) is 15.6 Å². The number of fused-ring (bicyclic) bond motifs is 2. The average Bonchev–Trinajstić information content (AvgIpc) is 2.69. The predicted molar refractivity (Wildman–Crippen MR) is 75.5 cm³/mol. The van der Waals surface area contributed by atoms with Crippen molar-refractivity contribution in [3.63, 3.8) is 0 Å². The highest BCUT2D eigenvalue weighted by molar-refractivity contribution is 9.10. The van der Waals surface area contributed by atoms with E-state index in [0.29, 0.717) is 5.76 Å². The van der Waals surface area contributed by atoms with Crippen LogP contribution in [-0.2, 0) is 14.3 Å². The summed E-state index contributed by atoms with van der Waals surface area (Å²) in [5, 5.41) is 0. The van der Waals surface area contributed by atoms with Gasteiger partial charge < -0.3 is 9.47 Å². The lowest BCUT2D eigenvalue weighted by Gasteiger charge is -2.29. The third-order valence-electron chi connectivity index (χ3n) is 3.51. The minimum atomic E-state index is -0.599. The molecule has 0 fully saturated rings. The van der Waals surface area contributed by atoms with Crippen LogP contribution >= 0.6 is 15.9 Å². The lowest BCUT2D eigenvalue weighted by atomic mass is 9.90. The highest BCUT2D eigenvalue weighted by Crippen LogP contribution is 2.43. The summed E-state index contributed by atoms with van der Waals surface area (Å²) in [4.78, 5) is 12.0. The number of hydrogen-bond donors (Lipinski definition) is 0. The number of ether oxygens (including phenoxy) is 2. The molecule has 0 amide bonds. The van der Waals surface area contributed by atoms with E-state index in [-0.39, 0.29) is 5.78 Å². The van der Waals surface area contributed by atoms with Gasteiger partial charge in [0.2, 0.25) is 5.78 Å². The molecule has 2 heterocycles. The van der Waals surface area contributed by atoms with Crippen molar-refractivity contribution in [2.75, 3.05) is 7.11 Å². The Bertz CT molecular complexity index is 600. The molecule has 2 aliphatic heterocycles. The average molecular weight is 321 g/mol. The molecule has 2 aliphatic rings. The van der Waals surface area contributed by atoms with E-state index < -0.39 is 11.7 Å². The van der Waals surface area contributed by atoms with Gasteiger partial charge in [-0.1, -0.05) is 28.1 Å². The number of ketones is 1. The van der Waals surface area contributed by atoms with Crippen molar-refractivity contribution in [2.45, 2.75) is 18.6 Å². The molecule has 3 rings (SSSR count). The topological polar surface area (TPSA) is 35.5 Å². The highest BCUT2D eigenvalue weighted by Gasteiger charge is 2.46. The zero-order chi connectivity index (χ0) is 13.6. The van der Waals surface area contributed by atoms with Gasteiger partial charge in [-0.05, 0) is 42.3 Å². The Morgan fingerprint density at radius 2 is 2.00 bits per heavy atom. The Morgan fingerprint density at radius 1 is 1.32 bits per heavy atom. The number of Topliss-reactive ketones (excluding diaryl/α,β-unsaturated/α-hetero) is 1. The SMILES string of the molecule is COC1=CC2(C)OC(C=C2c2ccc(Br)cc2)C1=O. The van der Waals surface area contributed by atoms with Crippen molar-refractivity contribution in [1.29, 1.82) is 0 Å². The summed E-state index contributed by atoms with van der Waals surface area (Å²) in [6, 6.07) is 7.97. The van der Waals surface area contributed by atoms with Gasteiger partial charge in [0.25, 0.3) is 0 Å². The molecule has 0 spiro atoms. The monoisotopic (exact) mass is 320 g/mol. The first kappa shape index (κ1) is 12.6. The van der Waals surface area contributed by atoms with E-state index in [9.17, 15) is 4.79 Å². The quantitative estimate of drug-likeness (QED) is 0.840. The molecule has 19 heavy (non-hydrogen) atoms. The molecule has 0 aliphatic carbocycles. The van der Waals surface area contributed by atoms with E-state index >= 15 is 0 Å². The largest absolute Gasteiger partial charge is 0.493 e. The Labute approximate surface area is 120 Å². The summed E-state index contributed by atoms with van der Waals surface area (Å²) in [5.41, 5.74) is 1.46. The molecule has 1 aromatic rings. The van der Waals surface area contributed by atoms with Crippen molar-refractivity contribution in [2.24, 2.45) is 0 Å². The molecular formula is C15H13BrO3. The first-order valence-electron chi connectivity index (χ1n) is 6.00. The van der Waals surface area contributed by atoms with Crippen LogP contribution in [-0.4, -0.2) is 24.6 Å². The summed E-state index contributed by atoms with van der Waals surface area (Å²) in [6.07, 6.45) is 3.10. The fourth-order valence-electron chi connectivity index (χ4n) is 2.55. The molecular weight excluding hydrogens is 308 g/mol. The number of carbonyl (C=O) groups excluding carboxylic acids is 1. The maximum atomic E-state index is 12.0. The number of rotatable bonds is 2. The van der Waals surface area contributed by atoms with Crippen molar-refractivity contribution < 1.29 is 14.3 Å². The Balaban J connectivity index is 2.07. The summed E-state index contributed by atoms with van der Waals surface area (Å²) < 4.78 is 12.0. The number of methoxy groups -OCH3 is 1. The second-order valence-electron chi connectivity index (χ2n) is 4.81.